The molecule has 0 aliphatic heterocycles. The molecule has 124 valence electrons. The molecule has 1 aliphatic carbocycles. The molecule has 1 amide bonds. The lowest BCUT2D eigenvalue weighted by Gasteiger charge is -2.25. The number of nitrogens with zero attached hydrogens (tertiary/aromatic N) is 3. The number of hydrogen-bond acceptors (Lipinski definition) is 3. The van der Waals surface area contributed by atoms with Gasteiger partial charge in [0, 0.05) is 30.8 Å². The third-order valence-electron chi connectivity index (χ3n) is 3.99. The van der Waals surface area contributed by atoms with Crippen molar-refractivity contribution in [2.45, 2.75) is 44.1 Å². The fourth-order valence-electron chi connectivity index (χ4n) is 2.95. The Kier molecular flexibility index (Phi) is 3.53. The molecular weight excluding hydrogens is 316 g/mol. The van der Waals surface area contributed by atoms with E-state index in [-0.39, 0.29) is 24.2 Å². The Morgan fingerprint density at radius 2 is 2.13 bits per heavy atom. The molecule has 1 fully saturated rings. The van der Waals surface area contributed by atoms with E-state index in [1.54, 1.807) is 0 Å². The van der Waals surface area contributed by atoms with E-state index >= 15 is 0 Å². The van der Waals surface area contributed by atoms with Gasteiger partial charge in [-0.3, -0.25) is 14.2 Å². The molecule has 0 spiro atoms. The highest BCUT2D eigenvalue weighted by Gasteiger charge is 2.47. The van der Waals surface area contributed by atoms with Gasteiger partial charge >= 0.3 is 0 Å². The summed E-state index contributed by atoms with van der Waals surface area (Å²) in [6.07, 6.45) is 0.146. The summed E-state index contributed by atoms with van der Waals surface area (Å²) >= 11 is 0. The second-order valence-corrected chi connectivity index (χ2v) is 6.00. The average Bonchev–Trinajstić information content (AvgIpc) is 2.96. The topological polar surface area (TPSA) is 59.3 Å². The minimum Gasteiger partial charge on any atom is -0.345 e. The smallest absolute Gasteiger partial charge is 0.282 e. The fraction of sp³-hybridized carbons (Fsp3) is 0.500. The number of aromatic nitrogens is 3. The molecule has 2 aromatic rings. The highest BCUT2D eigenvalue weighted by atomic mass is 19.3. The molecule has 0 aromatic carbocycles. The number of nitrogens with one attached hydrogen (secondary N) is 1. The molecule has 1 atom stereocenters. The van der Waals surface area contributed by atoms with Crippen molar-refractivity contribution in [1.29, 1.82) is 0 Å². The average molecular weight is 330 g/mol. The zero-order chi connectivity index (χ0) is 16.8. The first-order valence-electron chi connectivity index (χ1n) is 7.01. The van der Waals surface area contributed by atoms with Crippen LogP contribution in [0.4, 0.5) is 17.6 Å². The van der Waals surface area contributed by atoms with E-state index in [1.807, 2.05) is 0 Å². The predicted octanol–water partition coefficient (Wildman–Crippen LogP) is 2.97. The zero-order valence-electron chi connectivity index (χ0n) is 12.2. The summed E-state index contributed by atoms with van der Waals surface area (Å²) in [5.74, 6) is -3.71. The van der Waals surface area contributed by atoms with Gasteiger partial charge in [0.15, 0.2) is 5.65 Å². The maximum atomic E-state index is 13.4. The van der Waals surface area contributed by atoms with E-state index in [1.165, 1.54) is 29.9 Å². The Morgan fingerprint density at radius 1 is 1.39 bits per heavy atom. The third-order valence-corrected chi connectivity index (χ3v) is 3.99. The van der Waals surface area contributed by atoms with Crippen LogP contribution in [-0.4, -0.2) is 31.7 Å². The van der Waals surface area contributed by atoms with E-state index in [9.17, 15) is 22.4 Å². The monoisotopic (exact) mass is 330 g/mol. The Labute approximate surface area is 128 Å². The molecule has 1 saturated carbocycles. The third kappa shape index (κ3) is 2.87. The van der Waals surface area contributed by atoms with Gasteiger partial charge in [-0.05, 0) is 13.3 Å². The largest absolute Gasteiger partial charge is 0.345 e. The number of amides is 1. The van der Waals surface area contributed by atoms with Crippen LogP contribution >= 0.6 is 0 Å². The zero-order valence-corrected chi connectivity index (χ0v) is 12.2. The van der Waals surface area contributed by atoms with Crippen LogP contribution in [0.15, 0.2) is 18.6 Å². The second-order valence-electron chi connectivity index (χ2n) is 6.00. The lowest BCUT2D eigenvalue weighted by molar-refractivity contribution is 0.00228. The van der Waals surface area contributed by atoms with Crippen LogP contribution < -0.4 is 5.32 Å². The molecule has 1 N–H and O–H groups in total. The standard InChI is InChI=1S/C14H14F4N4O/c1-13(2-3-14(17,18)7-13)21-12(23)10-9(11(15)16)20-8-6-19-4-5-22(8)10/h4-6,11H,2-3,7H2,1H3,(H,21,23). The Balaban J connectivity index is 1.96. The normalized spacial score (nSPS) is 23.6. The molecule has 0 saturated heterocycles. The van der Waals surface area contributed by atoms with E-state index in [4.69, 9.17) is 0 Å². The summed E-state index contributed by atoms with van der Waals surface area (Å²) in [6, 6.07) is 0. The van der Waals surface area contributed by atoms with Gasteiger partial charge in [0.25, 0.3) is 18.3 Å². The lowest BCUT2D eigenvalue weighted by atomic mass is 10.00. The van der Waals surface area contributed by atoms with Gasteiger partial charge in [0.05, 0.1) is 6.20 Å². The van der Waals surface area contributed by atoms with Gasteiger partial charge in [-0.15, -0.1) is 0 Å². The van der Waals surface area contributed by atoms with Gasteiger partial charge < -0.3 is 5.32 Å². The minimum atomic E-state index is -2.96. The van der Waals surface area contributed by atoms with Crippen LogP contribution in [0.3, 0.4) is 0 Å². The van der Waals surface area contributed by atoms with E-state index in [2.05, 4.69) is 15.3 Å². The van der Waals surface area contributed by atoms with Crippen molar-refractivity contribution >= 4 is 11.6 Å². The fourth-order valence-corrected chi connectivity index (χ4v) is 2.95. The highest BCUT2D eigenvalue weighted by Crippen LogP contribution is 2.41. The summed E-state index contributed by atoms with van der Waals surface area (Å²) in [4.78, 5) is 19.9. The molecule has 1 unspecified atom stereocenters. The van der Waals surface area contributed by atoms with Gasteiger partial charge in [0.2, 0.25) is 0 Å². The van der Waals surface area contributed by atoms with Crippen LogP contribution in [0.1, 0.15) is 48.8 Å². The molecule has 2 heterocycles. The van der Waals surface area contributed by atoms with Crippen molar-refractivity contribution in [3.8, 4) is 0 Å². The predicted molar refractivity (Wildman–Crippen MR) is 72.6 cm³/mol. The van der Waals surface area contributed by atoms with Crippen LogP contribution in [0.2, 0.25) is 0 Å². The molecule has 1 aliphatic rings. The van der Waals surface area contributed by atoms with Gasteiger partial charge in [-0.1, -0.05) is 0 Å². The van der Waals surface area contributed by atoms with Gasteiger partial charge in [0.1, 0.15) is 11.4 Å². The second kappa shape index (κ2) is 5.17. The van der Waals surface area contributed by atoms with Crippen molar-refractivity contribution in [2.75, 3.05) is 0 Å². The molecular formula is C14H14F4N4O. The van der Waals surface area contributed by atoms with Crippen molar-refractivity contribution in [3.05, 3.63) is 30.0 Å². The molecule has 23 heavy (non-hydrogen) atoms. The van der Waals surface area contributed by atoms with Crippen molar-refractivity contribution in [3.63, 3.8) is 0 Å². The maximum absolute atomic E-state index is 13.4. The molecule has 2 aromatic heterocycles. The highest BCUT2D eigenvalue weighted by molar-refractivity contribution is 5.95. The Morgan fingerprint density at radius 3 is 2.74 bits per heavy atom. The number of fused-ring (bicyclic) bond motifs is 1. The van der Waals surface area contributed by atoms with E-state index in [0.717, 1.165) is 0 Å². The van der Waals surface area contributed by atoms with Crippen LogP contribution in [0.25, 0.3) is 5.65 Å². The number of halogens is 4. The van der Waals surface area contributed by atoms with Crippen molar-refractivity contribution < 1.29 is 22.4 Å². The Bertz CT molecular complexity index is 760. The van der Waals surface area contributed by atoms with Gasteiger partial charge in [-0.2, -0.15) is 0 Å². The Hall–Kier alpha value is -2.19. The first kappa shape index (κ1) is 15.7. The van der Waals surface area contributed by atoms with Gasteiger partial charge in [-0.25, -0.2) is 22.5 Å². The number of alkyl halides is 4. The quantitative estimate of drug-likeness (QED) is 0.880. The number of imidazole rings is 1. The van der Waals surface area contributed by atoms with E-state index in [0.29, 0.717) is 0 Å². The molecule has 0 bridgehead atoms. The first-order valence-corrected chi connectivity index (χ1v) is 7.01. The SMILES string of the molecule is CC1(NC(=O)c2c(C(F)F)nc3cnccn23)CCC(F)(F)C1. The summed E-state index contributed by atoms with van der Waals surface area (Å²) < 4.78 is 54.3. The number of carbonyl (C=O) groups is 1. The summed E-state index contributed by atoms with van der Waals surface area (Å²) in [5.41, 5.74) is -2.09. The minimum absolute atomic E-state index is 0.0774. The van der Waals surface area contributed by atoms with Crippen LogP contribution in [0.5, 0.6) is 0 Å². The number of hydrogen-bond donors (Lipinski definition) is 1. The van der Waals surface area contributed by atoms with Crippen molar-refractivity contribution in [1.82, 2.24) is 19.7 Å². The van der Waals surface area contributed by atoms with Crippen molar-refractivity contribution in [2.24, 2.45) is 0 Å². The summed E-state index contributed by atoms with van der Waals surface area (Å²) in [5, 5.41) is 2.47. The molecule has 0 radical (unpaired) electrons. The van der Waals surface area contributed by atoms with Crippen LogP contribution in [0, 0.1) is 0 Å². The summed E-state index contributed by atoms with van der Waals surface area (Å²) in [6.45, 7) is 1.48. The lowest BCUT2D eigenvalue weighted by Crippen LogP contribution is -2.45. The molecule has 5 nitrogen and oxygen atoms in total. The number of carbonyl (C=O) groups excluding carboxylic acids is 1. The molecule has 9 heteroatoms. The van der Waals surface area contributed by atoms with E-state index < -0.39 is 35.9 Å². The summed E-state index contributed by atoms with van der Waals surface area (Å²) in [7, 11) is 0. The van der Waals surface area contributed by atoms with Crippen LogP contribution in [-0.2, 0) is 0 Å². The number of rotatable bonds is 3. The first-order chi connectivity index (χ1) is 10.7. The molecule has 3 rings (SSSR count). The maximum Gasteiger partial charge on any atom is 0.282 e.